The number of oxazole rings is 1. The van der Waals surface area contributed by atoms with Crippen molar-refractivity contribution in [2.24, 2.45) is 11.8 Å². The molecule has 278 valence electrons. The number of hydrogen-bond acceptors (Lipinski definition) is 7. The lowest BCUT2D eigenvalue weighted by atomic mass is 9.74. The average Bonchev–Trinajstić information content (AvgIpc) is 3.55. The van der Waals surface area contributed by atoms with Crippen molar-refractivity contribution in [3.63, 3.8) is 0 Å². The normalized spacial score (nSPS) is 24.3. The molecule has 0 radical (unpaired) electrons. The zero-order valence-electron chi connectivity index (χ0n) is 31.3. The molecule has 52 heavy (non-hydrogen) atoms. The Kier molecular flexibility index (Phi) is 11.6. The number of aromatic nitrogens is 1. The molecule has 2 aliphatic heterocycles. The summed E-state index contributed by atoms with van der Waals surface area (Å²) < 4.78 is 41.1. The molecule has 2 saturated heterocycles. The molecule has 0 amide bonds. The Morgan fingerprint density at radius 1 is 0.788 bits per heavy atom. The summed E-state index contributed by atoms with van der Waals surface area (Å²) in [4.78, 5) is 14.9. The van der Waals surface area contributed by atoms with E-state index in [4.69, 9.17) is 14.1 Å². The van der Waals surface area contributed by atoms with Crippen molar-refractivity contribution >= 4 is 11.6 Å². The van der Waals surface area contributed by atoms with E-state index >= 15 is 0 Å². The molecule has 1 saturated carbocycles. The van der Waals surface area contributed by atoms with Gasteiger partial charge in [0.1, 0.15) is 17.3 Å². The number of morpholine rings is 1. The summed E-state index contributed by atoms with van der Waals surface area (Å²) >= 11 is 0. The Morgan fingerprint density at radius 3 is 2.13 bits per heavy atom. The summed E-state index contributed by atoms with van der Waals surface area (Å²) in [7, 11) is 4.23. The van der Waals surface area contributed by atoms with Crippen LogP contribution in [0.4, 0.5) is 20.4 Å². The average molecular weight is 712 g/mol. The quantitative estimate of drug-likeness (QED) is 0.155. The third-order valence-corrected chi connectivity index (χ3v) is 11.5. The number of hydrogen-bond donors (Lipinski definition) is 0. The Morgan fingerprint density at radius 2 is 1.48 bits per heavy atom. The van der Waals surface area contributed by atoms with Crippen molar-refractivity contribution in [2.75, 3.05) is 63.2 Å². The van der Waals surface area contributed by atoms with Crippen molar-refractivity contribution in [1.29, 1.82) is 0 Å². The van der Waals surface area contributed by atoms with Gasteiger partial charge in [0.25, 0.3) is 0 Å². The minimum absolute atomic E-state index is 0.0453. The van der Waals surface area contributed by atoms with E-state index in [-0.39, 0.29) is 35.9 Å². The number of benzene rings is 3. The maximum atomic E-state index is 14.3. The van der Waals surface area contributed by atoms with Gasteiger partial charge in [-0.15, -0.1) is 0 Å². The van der Waals surface area contributed by atoms with E-state index in [1.165, 1.54) is 11.6 Å². The van der Waals surface area contributed by atoms with Gasteiger partial charge in [0.05, 0.1) is 18.2 Å². The van der Waals surface area contributed by atoms with Crippen LogP contribution in [0.1, 0.15) is 80.7 Å². The molecule has 7 nitrogen and oxygen atoms in total. The van der Waals surface area contributed by atoms with Crippen molar-refractivity contribution in [2.45, 2.75) is 76.7 Å². The Labute approximate surface area is 308 Å². The highest BCUT2D eigenvalue weighted by Gasteiger charge is 2.37. The molecule has 3 aliphatic rings. The van der Waals surface area contributed by atoms with Gasteiger partial charge in [0, 0.05) is 57.4 Å². The van der Waals surface area contributed by atoms with Gasteiger partial charge in [0.15, 0.2) is 0 Å². The second-order valence-electron chi connectivity index (χ2n) is 15.6. The van der Waals surface area contributed by atoms with Gasteiger partial charge in [-0.3, -0.25) is 4.90 Å². The van der Waals surface area contributed by atoms with Crippen LogP contribution in [0.15, 0.2) is 83.3 Å². The van der Waals surface area contributed by atoms with Gasteiger partial charge >= 0.3 is 0 Å². The fourth-order valence-corrected chi connectivity index (χ4v) is 9.09. The number of anilines is 2. The first kappa shape index (κ1) is 36.6. The number of nitrogens with zero attached hydrogens (tertiary/aromatic N) is 5. The van der Waals surface area contributed by atoms with Gasteiger partial charge in [-0.1, -0.05) is 55.3 Å². The first-order chi connectivity index (χ1) is 25.2. The number of ether oxygens (including phenoxy) is 1. The predicted octanol–water partition coefficient (Wildman–Crippen LogP) is 8.52. The Balaban J connectivity index is 1.14. The van der Waals surface area contributed by atoms with Gasteiger partial charge in [-0.2, -0.15) is 0 Å². The lowest BCUT2D eigenvalue weighted by Crippen LogP contribution is -2.48. The molecule has 3 heterocycles. The van der Waals surface area contributed by atoms with Crippen LogP contribution in [0.5, 0.6) is 0 Å². The number of rotatable bonds is 11. The Bertz CT molecular complexity index is 1710. The van der Waals surface area contributed by atoms with Crippen molar-refractivity contribution in [3.05, 3.63) is 113 Å². The van der Waals surface area contributed by atoms with Crippen molar-refractivity contribution in [3.8, 4) is 0 Å². The zero-order chi connectivity index (χ0) is 36.2. The fourth-order valence-electron chi connectivity index (χ4n) is 9.09. The highest BCUT2D eigenvalue weighted by Crippen LogP contribution is 2.44. The molecule has 4 aromatic rings. The standard InChI is InChI=1S/C43H55F2N5O2/c1-30-28-50(29-31(2)51-30)43-39(25-32-9-6-5-7-10-32)46-42(52-43)40(49-23-21-48(22-24-49)38-19-17-36(44)18-20-38)26-33-13-15-34(16-14-33)41(47(3)4)35-11-8-12-37(45)27-35/h5-12,17-20,27,30-31,33-34,40-41H,13-16,21-26,28-29H2,1-4H3. The number of piperazine rings is 1. The van der Waals surface area contributed by atoms with Crippen LogP contribution in [0.3, 0.4) is 0 Å². The molecule has 0 N–H and O–H groups in total. The van der Waals surface area contributed by atoms with E-state index < -0.39 is 0 Å². The van der Waals surface area contributed by atoms with Crippen LogP contribution < -0.4 is 9.80 Å². The second-order valence-corrected chi connectivity index (χ2v) is 15.6. The third-order valence-electron chi connectivity index (χ3n) is 11.5. The summed E-state index contributed by atoms with van der Waals surface area (Å²) in [5.74, 6) is 2.32. The monoisotopic (exact) mass is 711 g/mol. The maximum absolute atomic E-state index is 14.3. The van der Waals surface area contributed by atoms with Crippen LogP contribution >= 0.6 is 0 Å². The predicted molar refractivity (Wildman–Crippen MR) is 204 cm³/mol. The molecule has 7 rings (SSSR count). The zero-order valence-corrected chi connectivity index (χ0v) is 31.3. The molecule has 0 spiro atoms. The fraction of sp³-hybridized carbons (Fsp3) is 0.512. The second kappa shape index (κ2) is 16.5. The molecule has 1 aromatic heterocycles. The maximum Gasteiger partial charge on any atom is 0.220 e. The van der Waals surface area contributed by atoms with Crippen LogP contribution in [-0.2, 0) is 11.2 Å². The van der Waals surface area contributed by atoms with Gasteiger partial charge in [-0.25, -0.2) is 13.8 Å². The molecule has 3 aromatic carbocycles. The van der Waals surface area contributed by atoms with E-state index in [2.05, 4.69) is 83.9 Å². The summed E-state index contributed by atoms with van der Waals surface area (Å²) in [6.07, 6.45) is 6.36. The highest BCUT2D eigenvalue weighted by molar-refractivity contribution is 5.47. The minimum Gasteiger partial charge on any atom is -0.423 e. The van der Waals surface area contributed by atoms with Gasteiger partial charge < -0.3 is 23.9 Å². The topological polar surface area (TPSA) is 48.2 Å². The van der Waals surface area contributed by atoms with Crippen molar-refractivity contribution in [1.82, 2.24) is 14.8 Å². The smallest absolute Gasteiger partial charge is 0.220 e. The van der Waals surface area contributed by atoms with E-state index in [1.54, 1.807) is 18.2 Å². The lowest BCUT2D eigenvalue weighted by Gasteiger charge is -2.42. The van der Waals surface area contributed by atoms with Crippen molar-refractivity contribution < 1.29 is 17.9 Å². The van der Waals surface area contributed by atoms with Crippen LogP contribution in [0.25, 0.3) is 0 Å². The third kappa shape index (κ3) is 8.70. The largest absolute Gasteiger partial charge is 0.423 e. The van der Waals surface area contributed by atoms with Gasteiger partial charge in [-0.05, 0) is 107 Å². The molecule has 9 heteroatoms. The van der Waals surface area contributed by atoms with E-state index in [1.807, 2.05) is 18.2 Å². The SMILES string of the molecule is CC1CN(c2oc(C(CC3CCC(C(c4cccc(F)c4)N(C)C)CC3)N3CCN(c4ccc(F)cc4)CC3)nc2Cc2ccccc2)CC(C)O1. The highest BCUT2D eigenvalue weighted by atomic mass is 19.1. The molecule has 1 aliphatic carbocycles. The summed E-state index contributed by atoms with van der Waals surface area (Å²) in [5, 5.41) is 0. The van der Waals surface area contributed by atoms with E-state index in [0.717, 1.165) is 100 Å². The molecule has 4 atom stereocenters. The molecular formula is C43H55F2N5O2. The first-order valence-corrected chi connectivity index (χ1v) is 19.3. The van der Waals surface area contributed by atoms with Gasteiger partial charge in [0.2, 0.25) is 11.8 Å². The molecule has 0 bridgehead atoms. The number of halogens is 2. The van der Waals surface area contributed by atoms with E-state index in [0.29, 0.717) is 18.3 Å². The van der Waals surface area contributed by atoms with Crippen LogP contribution in [0.2, 0.25) is 0 Å². The summed E-state index contributed by atoms with van der Waals surface area (Å²) in [5.41, 5.74) is 4.33. The first-order valence-electron chi connectivity index (χ1n) is 19.3. The Hall–Kier alpha value is -3.79. The molecular weight excluding hydrogens is 657 g/mol. The van der Waals surface area contributed by atoms with E-state index in [9.17, 15) is 8.78 Å². The lowest BCUT2D eigenvalue weighted by molar-refractivity contribution is -0.00662. The van der Waals surface area contributed by atoms with Crippen LogP contribution in [0, 0.1) is 23.5 Å². The summed E-state index contributed by atoms with van der Waals surface area (Å²) in [6, 6.07) is 24.8. The van der Waals surface area contributed by atoms with Crippen LogP contribution in [-0.4, -0.2) is 80.4 Å². The minimum atomic E-state index is -0.208. The summed E-state index contributed by atoms with van der Waals surface area (Å²) in [6.45, 7) is 9.26. The molecule has 3 fully saturated rings. The molecule has 4 unspecified atom stereocenters.